The van der Waals surface area contributed by atoms with E-state index in [0.717, 1.165) is 19.6 Å². The van der Waals surface area contributed by atoms with E-state index >= 15 is 0 Å². The van der Waals surface area contributed by atoms with Gasteiger partial charge in [0.05, 0.1) is 16.0 Å². The number of rotatable bonds is 3. The van der Waals surface area contributed by atoms with Crippen LogP contribution in [0.4, 0.5) is 11.5 Å². The number of pyridine rings is 1. The topological polar surface area (TPSA) is 77.3 Å². The molecule has 1 saturated heterocycles. The van der Waals surface area contributed by atoms with Gasteiger partial charge < -0.3 is 10.1 Å². The third kappa shape index (κ3) is 2.97. The van der Waals surface area contributed by atoms with Crippen molar-refractivity contribution in [1.29, 1.82) is 0 Å². The average Bonchev–Trinajstić information content (AvgIpc) is 2.34. The molecule has 6 nitrogen and oxygen atoms in total. The zero-order chi connectivity index (χ0) is 13.1. The summed E-state index contributed by atoms with van der Waals surface area (Å²) in [7, 11) is 0. The first-order chi connectivity index (χ1) is 8.58. The Bertz CT molecular complexity index is 455. The second-order valence-corrected chi connectivity index (χ2v) is 5.23. The molecule has 2 unspecified atom stereocenters. The van der Waals surface area contributed by atoms with Gasteiger partial charge in [0.2, 0.25) is 0 Å². The van der Waals surface area contributed by atoms with Crippen molar-refractivity contribution in [1.82, 2.24) is 4.98 Å². The van der Waals surface area contributed by atoms with E-state index in [4.69, 9.17) is 4.74 Å². The molecule has 0 saturated carbocycles. The summed E-state index contributed by atoms with van der Waals surface area (Å²) in [6.07, 6.45) is 2.17. The van der Waals surface area contributed by atoms with Crippen molar-refractivity contribution in [2.45, 2.75) is 19.4 Å². The number of nitrogens with one attached hydrogen (secondary N) is 1. The highest BCUT2D eigenvalue weighted by molar-refractivity contribution is 9.10. The summed E-state index contributed by atoms with van der Waals surface area (Å²) in [6, 6.07) is 1.74. The average molecular weight is 316 g/mol. The second-order valence-electron chi connectivity index (χ2n) is 4.37. The molecule has 0 aliphatic carbocycles. The van der Waals surface area contributed by atoms with Crippen LogP contribution in [0.1, 0.15) is 13.3 Å². The molecule has 0 amide bonds. The van der Waals surface area contributed by atoms with Gasteiger partial charge in [-0.15, -0.1) is 0 Å². The Kier molecular flexibility index (Phi) is 4.13. The number of hydrogen-bond donors (Lipinski definition) is 1. The number of nitro groups is 1. The van der Waals surface area contributed by atoms with Gasteiger partial charge in [-0.05, 0) is 28.3 Å². The van der Waals surface area contributed by atoms with Gasteiger partial charge >= 0.3 is 0 Å². The molecular formula is C11H14BrN3O3. The van der Waals surface area contributed by atoms with Crippen molar-refractivity contribution in [3.63, 3.8) is 0 Å². The molecule has 18 heavy (non-hydrogen) atoms. The minimum absolute atomic E-state index is 0.0209. The number of hydrogen-bond acceptors (Lipinski definition) is 5. The van der Waals surface area contributed by atoms with Crippen LogP contribution < -0.4 is 5.32 Å². The van der Waals surface area contributed by atoms with E-state index in [1.54, 1.807) is 0 Å². The second kappa shape index (κ2) is 5.62. The molecule has 2 atom stereocenters. The summed E-state index contributed by atoms with van der Waals surface area (Å²) in [6.45, 7) is 3.56. The van der Waals surface area contributed by atoms with Crippen molar-refractivity contribution in [2.75, 3.05) is 18.5 Å². The highest BCUT2D eigenvalue weighted by Gasteiger charge is 2.23. The zero-order valence-corrected chi connectivity index (χ0v) is 11.5. The van der Waals surface area contributed by atoms with E-state index < -0.39 is 4.92 Å². The van der Waals surface area contributed by atoms with Crippen LogP contribution in [0.3, 0.4) is 0 Å². The number of ether oxygens (including phenoxy) is 1. The van der Waals surface area contributed by atoms with Crippen molar-refractivity contribution in [3.8, 4) is 0 Å². The number of halogens is 1. The largest absolute Gasteiger partial charge is 0.381 e. The fraction of sp³-hybridized carbons (Fsp3) is 0.545. The molecule has 1 aliphatic rings. The summed E-state index contributed by atoms with van der Waals surface area (Å²) in [5.74, 6) is 1.03. The molecule has 2 rings (SSSR count). The molecule has 2 heterocycles. The molecule has 0 spiro atoms. The Morgan fingerprint density at radius 2 is 2.44 bits per heavy atom. The highest BCUT2D eigenvalue weighted by atomic mass is 79.9. The Morgan fingerprint density at radius 1 is 1.67 bits per heavy atom. The molecular weight excluding hydrogens is 302 g/mol. The third-order valence-corrected chi connectivity index (χ3v) is 3.60. The van der Waals surface area contributed by atoms with Crippen LogP contribution in [0.15, 0.2) is 16.7 Å². The summed E-state index contributed by atoms with van der Waals surface area (Å²) < 4.78 is 5.98. The lowest BCUT2D eigenvalue weighted by Crippen LogP contribution is -2.36. The van der Waals surface area contributed by atoms with Gasteiger partial charge in [-0.25, -0.2) is 4.98 Å². The highest BCUT2D eigenvalue weighted by Crippen LogP contribution is 2.27. The summed E-state index contributed by atoms with van der Waals surface area (Å²) in [4.78, 5) is 14.2. The summed E-state index contributed by atoms with van der Waals surface area (Å²) in [5.41, 5.74) is -0.0209. The first-order valence-electron chi connectivity index (χ1n) is 5.72. The van der Waals surface area contributed by atoms with Crippen LogP contribution in [0.5, 0.6) is 0 Å². The van der Waals surface area contributed by atoms with Crippen LogP contribution in [0.2, 0.25) is 0 Å². The van der Waals surface area contributed by atoms with Crippen molar-refractivity contribution < 1.29 is 9.66 Å². The van der Waals surface area contributed by atoms with Crippen LogP contribution >= 0.6 is 15.9 Å². The van der Waals surface area contributed by atoms with Crippen LogP contribution in [0, 0.1) is 16.0 Å². The zero-order valence-electron chi connectivity index (χ0n) is 9.93. The van der Waals surface area contributed by atoms with Gasteiger partial charge in [0.25, 0.3) is 5.69 Å². The predicted octanol–water partition coefficient (Wildman–Crippen LogP) is 2.59. The third-order valence-electron chi connectivity index (χ3n) is 3.00. The van der Waals surface area contributed by atoms with E-state index in [0.29, 0.717) is 16.2 Å². The molecule has 0 aromatic carbocycles. The maximum absolute atomic E-state index is 10.6. The predicted molar refractivity (Wildman–Crippen MR) is 70.6 cm³/mol. The van der Waals surface area contributed by atoms with Crippen LogP contribution in [-0.4, -0.2) is 29.2 Å². The van der Waals surface area contributed by atoms with Gasteiger partial charge in [0, 0.05) is 18.7 Å². The van der Waals surface area contributed by atoms with Crippen molar-refractivity contribution in [2.24, 2.45) is 5.92 Å². The van der Waals surface area contributed by atoms with E-state index in [9.17, 15) is 10.1 Å². The van der Waals surface area contributed by atoms with E-state index in [1.165, 1.54) is 12.3 Å². The van der Waals surface area contributed by atoms with Crippen molar-refractivity contribution >= 4 is 27.4 Å². The SMILES string of the molecule is CC1COCCC1Nc1ncc([N+](=O)[O-])cc1Br. The quantitative estimate of drug-likeness (QED) is 0.685. The van der Waals surface area contributed by atoms with Gasteiger partial charge in [0.15, 0.2) is 0 Å². The molecule has 1 aromatic heterocycles. The monoisotopic (exact) mass is 315 g/mol. The first kappa shape index (κ1) is 13.2. The maximum atomic E-state index is 10.6. The van der Waals surface area contributed by atoms with E-state index in [1.807, 2.05) is 0 Å². The molecule has 1 fully saturated rings. The lowest BCUT2D eigenvalue weighted by molar-refractivity contribution is -0.385. The first-order valence-corrected chi connectivity index (χ1v) is 6.51. The Balaban J connectivity index is 2.11. The van der Waals surface area contributed by atoms with E-state index in [2.05, 4.69) is 33.2 Å². The standard InChI is InChI=1S/C11H14BrN3O3/c1-7-6-18-3-2-10(7)14-11-9(12)4-8(5-13-11)15(16)17/h4-5,7,10H,2-3,6H2,1H3,(H,13,14). The Morgan fingerprint density at radius 3 is 3.06 bits per heavy atom. The molecule has 0 radical (unpaired) electrons. The lowest BCUT2D eigenvalue weighted by Gasteiger charge is -2.30. The lowest BCUT2D eigenvalue weighted by atomic mass is 9.98. The number of anilines is 1. The fourth-order valence-electron chi connectivity index (χ4n) is 1.90. The Labute approximate surface area is 113 Å². The molecule has 1 aromatic rings. The normalized spacial score (nSPS) is 23.7. The smallest absolute Gasteiger partial charge is 0.288 e. The van der Waals surface area contributed by atoms with Gasteiger partial charge in [-0.3, -0.25) is 10.1 Å². The Hall–Kier alpha value is -1.21. The van der Waals surface area contributed by atoms with E-state index in [-0.39, 0.29) is 11.7 Å². The van der Waals surface area contributed by atoms with Crippen molar-refractivity contribution in [3.05, 3.63) is 26.9 Å². The molecule has 0 bridgehead atoms. The van der Waals surface area contributed by atoms with Gasteiger partial charge in [-0.1, -0.05) is 6.92 Å². The summed E-state index contributed by atoms with van der Waals surface area (Å²) >= 11 is 3.30. The molecule has 7 heteroatoms. The van der Waals surface area contributed by atoms with Gasteiger partial charge in [-0.2, -0.15) is 0 Å². The maximum Gasteiger partial charge on any atom is 0.288 e. The molecule has 1 aliphatic heterocycles. The number of aromatic nitrogens is 1. The molecule has 1 N–H and O–H groups in total. The molecule has 98 valence electrons. The summed E-state index contributed by atoms with van der Waals surface area (Å²) in [5, 5.41) is 13.9. The van der Waals surface area contributed by atoms with Crippen LogP contribution in [-0.2, 0) is 4.74 Å². The fourth-order valence-corrected chi connectivity index (χ4v) is 2.36. The minimum atomic E-state index is -0.460. The van der Waals surface area contributed by atoms with Gasteiger partial charge in [0.1, 0.15) is 12.0 Å². The number of nitrogens with zero attached hydrogens (tertiary/aromatic N) is 2. The van der Waals surface area contributed by atoms with Crippen LogP contribution in [0.25, 0.3) is 0 Å². The minimum Gasteiger partial charge on any atom is -0.381 e.